The molecule has 0 unspecified atom stereocenters. The lowest BCUT2D eigenvalue weighted by Crippen LogP contribution is -2.33. The van der Waals surface area contributed by atoms with Crippen molar-refractivity contribution in [2.24, 2.45) is 5.41 Å². The van der Waals surface area contributed by atoms with Crippen molar-refractivity contribution in [2.75, 3.05) is 25.1 Å². The molecule has 1 aliphatic rings. The molecule has 0 saturated carbocycles. The molecule has 1 aliphatic heterocycles. The Hall–Kier alpha value is -1.69. The highest BCUT2D eigenvalue weighted by atomic mass is 16.5. The predicted molar refractivity (Wildman–Crippen MR) is 65.6 cm³/mol. The highest BCUT2D eigenvalue weighted by molar-refractivity contribution is 5.84. The number of nitrogens with one attached hydrogen (secondary N) is 1. The van der Waals surface area contributed by atoms with E-state index in [1.165, 1.54) is 12.4 Å². The Morgan fingerprint density at radius 1 is 1.44 bits per heavy atom. The van der Waals surface area contributed by atoms with Crippen molar-refractivity contribution in [1.29, 1.82) is 0 Å². The summed E-state index contributed by atoms with van der Waals surface area (Å²) in [5.74, 6) is -0.460. The van der Waals surface area contributed by atoms with Gasteiger partial charge in [0.2, 0.25) is 0 Å². The second kappa shape index (κ2) is 5.30. The molecule has 1 aromatic rings. The number of anilines is 1. The number of nitrogens with zero attached hydrogens (tertiary/aromatic N) is 2. The summed E-state index contributed by atoms with van der Waals surface area (Å²) in [4.78, 5) is 18.5. The molecule has 1 saturated heterocycles. The van der Waals surface area contributed by atoms with E-state index in [2.05, 4.69) is 22.2 Å². The van der Waals surface area contributed by atoms with E-state index in [1.54, 1.807) is 0 Å². The lowest BCUT2D eigenvalue weighted by atomic mass is 9.82. The normalized spacial score (nSPS) is 18.3. The van der Waals surface area contributed by atoms with Crippen LogP contribution >= 0.6 is 0 Å². The minimum Gasteiger partial charge on any atom is -0.476 e. The summed E-state index contributed by atoms with van der Waals surface area (Å²) in [6, 6.07) is 0. The van der Waals surface area contributed by atoms with E-state index >= 15 is 0 Å². The van der Waals surface area contributed by atoms with Crippen molar-refractivity contribution in [3.63, 3.8) is 0 Å². The van der Waals surface area contributed by atoms with E-state index in [0.29, 0.717) is 5.82 Å². The molecule has 6 nitrogen and oxygen atoms in total. The third-order valence-electron chi connectivity index (χ3n) is 3.27. The number of ether oxygens (including phenoxy) is 1. The number of carboxylic acid groups (broad SMARTS) is 1. The molecule has 2 rings (SSSR count). The highest BCUT2D eigenvalue weighted by Crippen LogP contribution is 2.29. The summed E-state index contributed by atoms with van der Waals surface area (Å²) < 4.78 is 5.34. The van der Waals surface area contributed by atoms with E-state index < -0.39 is 5.97 Å². The lowest BCUT2D eigenvalue weighted by Gasteiger charge is -2.33. The third kappa shape index (κ3) is 3.16. The molecule has 0 aromatic carbocycles. The summed E-state index contributed by atoms with van der Waals surface area (Å²) in [6.45, 7) is 4.59. The van der Waals surface area contributed by atoms with Gasteiger partial charge in [0.25, 0.3) is 0 Å². The lowest BCUT2D eigenvalue weighted by molar-refractivity contribution is 0.0299. The maximum absolute atomic E-state index is 10.6. The van der Waals surface area contributed by atoms with Gasteiger partial charge in [-0.2, -0.15) is 0 Å². The van der Waals surface area contributed by atoms with Crippen molar-refractivity contribution in [3.05, 3.63) is 18.1 Å². The van der Waals surface area contributed by atoms with E-state index in [0.717, 1.165) is 32.6 Å². The van der Waals surface area contributed by atoms with Crippen LogP contribution in [0.15, 0.2) is 12.4 Å². The Morgan fingerprint density at radius 3 is 2.72 bits per heavy atom. The SMILES string of the molecule is CC1(CNc2cnc(C(=O)O)cn2)CCOCC1. The predicted octanol–water partition coefficient (Wildman–Crippen LogP) is 1.40. The zero-order valence-electron chi connectivity index (χ0n) is 10.3. The van der Waals surface area contributed by atoms with Gasteiger partial charge >= 0.3 is 5.97 Å². The maximum Gasteiger partial charge on any atom is 0.356 e. The van der Waals surface area contributed by atoms with Gasteiger partial charge in [-0.1, -0.05) is 6.92 Å². The standard InChI is InChI=1S/C12H17N3O3/c1-12(2-4-18-5-3-12)8-15-10-7-13-9(6-14-10)11(16)17/h6-7H,2-5,8H2,1H3,(H,14,15)(H,16,17). The summed E-state index contributed by atoms with van der Waals surface area (Å²) in [5.41, 5.74) is 0.156. The van der Waals surface area contributed by atoms with Crippen molar-refractivity contribution in [3.8, 4) is 0 Å². The van der Waals surface area contributed by atoms with E-state index in [9.17, 15) is 4.79 Å². The summed E-state index contributed by atoms with van der Waals surface area (Å²) in [6.07, 6.45) is 4.74. The van der Waals surface area contributed by atoms with Crippen LogP contribution in [0.2, 0.25) is 0 Å². The van der Waals surface area contributed by atoms with Crippen LogP contribution in [0, 0.1) is 5.41 Å². The van der Waals surface area contributed by atoms with E-state index in [-0.39, 0.29) is 11.1 Å². The van der Waals surface area contributed by atoms with Crippen LogP contribution < -0.4 is 5.32 Å². The maximum atomic E-state index is 10.6. The average molecular weight is 251 g/mol. The number of carbonyl (C=O) groups is 1. The Balaban J connectivity index is 1.91. The fourth-order valence-corrected chi connectivity index (χ4v) is 1.87. The molecule has 1 aromatic heterocycles. The monoisotopic (exact) mass is 251 g/mol. The largest absolute Gasteiger partial charge is 0.476 e. The Labute approximate surface area is 105 Å². The highest BCUT2D eigenvalue weighted by Gasteiger charge is 2.27. The molecule has 0 spiro atoms. The molecule has 6 heteroatoms. The van der Waals surface area contributed by atoms with Crippen LogP contribution in [0.1, 0.15) is 30.3 Å². The number of aromatic carboxylic acids is 1. The van der Waals surface area contributed by atoms with Crippen molar-refractivity contribution in [2.45, 2.75) is 19.8 Å². The molecular weight excluding hydrogens is 234 g/mol. The molecule has 0 aliphatic carbocycles. The first-order chi connectivity index (χ1) is 8.59. The van der Waals surface area contributed by atoms with Gasteiger partial charge in [0.15, 0.2) is 5.69 Å². The second-order valence-corrected chi connectivity index (χ2v) is 4.87. The van der Waals surface area contributed by atoms with Crippen LogP contribution in [0.3, 0.4) is 0 Å². The average Bonchev–Trinajstić information content (AvgIpc) is 2.38. The van der Waals surface area contributed by atoms with Crippen LogP contribution in [-0.4, -0.2) is 40.8 Å². The zero-order chi connectivity index (χ0) is 13.0. The van der Waals surface area contributed by atoms with Gasteiger partial charge in [-0.3, -0.25) is 0 Å². The smallest absolute Gasteiger partial charge is 0.356 e. The van der Waals surface area contributed by atoms with Gasteiger partial charge in [-0.25, -0.2) is 14.8 Å². The van der Waals surface area contributed by atoms with Crippen molar-refractivity contribution < 1.29 is 14.6 Å². The first-order valence-electron chi connectivity index (χ1n) is 5.96. The number of hydrogen-bond acceptors (Lipinski definition) is 5. The van der Waals surface area contributed by atoms with Gasteiger partial charge in [-0.15, -0.1) is 0 Å². The number of hydrogen-bond donors (Lipinski definition) is 2. The number of aromatic nitrogens is 2. The van der Waals surface area contributed by atoms with Gasteiger partial charge in [-0.05, 0) is 18.3 Å². The first-order valence-corrected chi connectivity index (χ1v) is 5.96. The molecule has 2 N–H and O–H groups in total. The fraction of sp³-hybridized carbons (Fsp3) is 0.583. The van der Waals surface area contributed by atoms with Crippen molar-refractivity contribution >= 4 is 11.8 Å². The molecule has 18 heavy (non-hydrogen) atoms. The molecule has 0 amide bonds. The number of carboxylic acids is 1. The molecule has 1 fully saturated rings. The first kappa shape index (κ1) is 12.8. The van der Waals surface area contributed by atoms with Crippen LogP contribution in [-0.2, 0) is 4.74 Å². The van der Waals surface area contributed by atoms with Gasteiger partial charge in [0.1, 0.15) is 5.82 Å². The van der Waals surface area contributed by atoms with Crippen LogP contribution in [0.5, 0.6) is 0 Å². The van der Waals surface area contributed by atoms with E-state index in [1.807, 2.05) is 0 Å². The second-order valence-electron chi connectivity index (χ2n) is 4.87. The van der Waals surface area contributed by atoms with Gasteiger partial charge in [0.05, 0.1) is 12.4 Å². The van der Waals surface area contributed by atoms with E-state index in [4.69, 9.17) is 9.84 Å². The van der Waals surface area contributed by atoms with Gasteiger partial charge < -0.3 is 15.2 Å². The zero-order valence-corrected chi connectivity index (χ0v) is 10.3. The topological polar surface area (TPSA) is 84.3 Å². The quantitative estimate of drug-likeness (QED) is 0.841. The third-order valence-corrected chi connectivity index (χ3v) is 3.27. The molecule has 0 bridgehead atoms. The molecular formula is C12H17N3O3. The van der Waals surface area contributed by atoms with Crippen molar-refractivity contribution in [1.82, 2.24) is 9.97 Å². The molecule has 98 valence electrons. The Kier molecular flexibility index (Phi) is 3.76. The van der Waals surface area contributed by atoms with Crippen LogP contribution in [0.4, 0.5) is 5.82 Å². The fourth-order valence-electron chi connectivity index (χ4n) is 1.87. The summed E-state index contributed by atoms with van der Waals surface area (Å²) >= 11 is 0. The molecule has 2 heterocycles. The Bertz CT molecular complexity index is 413. The minimum atomic E-state index is -1.06. The summed E-state index contributed by atoms with van der Waals surface area (Å²) in [7, 11) is 0. The molecule has 0 radical (unpaired) electrons. The van der Waals surface area contributed by atoms with Gasteiger partial charge in [0, 0.05) is 19.8 Å². The molecule has 0 atom stereocenters. The Morgan fingerprint density at radius 2 is 2.17 bits per heavy atom. The number of rotatable bonds is 4. The summed E-state index contributed by atoms with van der Waals surface area (Å²) in [5, 5.41) is 11.9. The minimum absolute atomic E-state index is 0.0437. The van der Waals surface area contributed by atoms with Crippen LogP contribution in [0.25, 0.3) is 0 Å².